The van der Waals surface area contributed by atoms with Crippen LogP contribution in [0.4, 0.5) is 11.5 Å². The predicted molar refractivity (Wildman–Crippen MR) is 119 cm³/mol. The topological polar surface area (TPSA) is 70.4 Å². The number of likely N-dealkylation sites (tertiary alicyclic amines) is 1. The van der Waals surface area contributed by atoms with Crippen molar-refractivity contribution >= 4 is 11.5 Å². The summed E-state index contributed by atoms with van der Waals surface area (Å²) in [5.41, 5.74) is 2.44. The minimum absolute atomic E-state index is 0.167. The first-order valence-corrected chi connectivity index (χ1v) is 10.4. The summed E-state index contributed by atoms with van der Waals surface area (Å²) in [6.45, 7) is 4.90. The summed E-state index contributed by atoms with van der Waals surface area (Å²) >= 11 is 0. The maximum Gasteiger partial charge on any atom is 0.255 e. The number of para-hydroxylation sites is 1. The largest absolute Gasteiger partial charge is 0.388 e. The number of nitrogens with one attached hydrogen (secondary N) is 1. The molecule has 0 radical (unpaired) electrons. The molecule has 1 saturated heterocycles. The lowest BCUT2D eigenvalue weighted by Gasteiger charge is -2.38. The first-order valence-electron chi connectivity index (χ1n) is 10.4. The molecule has 0 saturated carbocycles. The smallest absolute Gasteiger partial charge is 0.255 e. The lowest BCUT2D eigenvalue weighted by molar-refractivity contribution is -0.0366. The van der Waals surface area contributed by atoms with Gasteiger partial charge in [-0.05, 0) is 43.0 Å². The van der Waals surface area contributed by atoms with E-state index < -0.39 is 5.60 Å². The fourth-order valence-corrected chi connectivity index (χ4v) is 3.91. The van der Waals surface area contributed by atoms with Crippen molar-refractivity contribution in [1.29, 1.82) is 0 Å². The lowest BCUT2D eigenvalue weighted by Crippen LogP contribution is -2.47. The molecule has 2 N–H and O–H groups in total. The molecular formula is C24H28N4O2. The average molecular weight is 405 g/mol. The van der Waals surface area contributed by atoms with Gasteiger partial charge in [-0.15, -0.1) is 0 Å². The molecule has 2 aromatic carbocycles. The summed E-state index contributed by atoms with van der Waals surface area (Å²) in [5, 5.41) is 14.2. The number of nitrogens with zero attached hydrogens (tertiary/aromatic N) is 3. The first kappa shape index (κ1) is 20.3. The zero-order valence-electron chi connectivity index (χ0n) is 17.3. The van der Waals surface area contributed by atoms with Crippen molar-refractivity contribution in [2.24, 2.45) is 0 Å². The highest BCUT2D eigenvalue weighted by atomic mass is 16.3. The van der Waals surface area contributed by atoms with Crippen LogP contribution in [-0.4, -0.2) is 38.2 Å². The number of rotatable bonds is 6. The molecule has 6 heteroatoms. The summed E-state index contributed by atoms with van der Waals surface area (Å²) in [7, 11) is 0. The van der Waals surface area contributed by atoms with Gasteiger partial charge in [-0.1, -0.05) is 42.5 Å². The second-order valence-electron chi connectivity index (χ2n) is 8.16. The molecule has 0 aliphatic carbocycles. The number of anilines is 2. The van der Waals surface area contributed by atoms with Crippen LogP contribution >= 0.6 is 0 Å². The molecule has 1 fully saturated rings. The molecule has 30 heavy (non-hydrogen) atoms. The average Bonchev–Trinajstić information content (AvgIpc) is 2.74. The fraction of sp³-hybridized carbons (Fsp3) is 0.333. The Bertz CT molecular complexity index is 1040. The molecule has 0 spiro atoms. The summed E-state index contributed by atoms with van der Waals surface area (Å²) in [5.74, 6) is 0.502. The molecule has 0 amide bonds. The van der Waals surface area contributed by atoms with Crippen LogP contribution < -0.4 is 10.9 Å². The van der Waals surface area contributed by atoms with Crippen molar-refractivity contribution in [3.63, 3.8) is 0 Å². The number of benzene rings is 2. The SMILES string of the molecule is Cc1ccccc1CN1CCC(O)(Cn2cnc(Nc3ccccc3)cc2=O)CC1. The highest BCUT2D eigenvalue weighted by Gasteiger charge is 2.33. The quantitative estimate of drug-likeness (QED) is 0.660. The van der Waals surface area contributed by atoms with Crippen LogP contribution in [0.5, 0.6) is 0 Å². The van der Waals surface area contributed by atoms with E-state index in [0.29, 0.717) is 18.7 Å². The number of aromatic nitrogens is 2. The maximum absolute atomic E-state index is 12.6. The number of aliphatic hydroxyl groups is 1. The second kappa shape index (κ2) is 8.81. The minimum atomic E-state index is -0.887. The molecule has 3 aromatic rings. The van der Waals surface area contributed by atoms with Gasteiger partial charge in [-0.25, -0.2) is 4.98 Å². The summed E-state index contributed by atoms with van der Waals surface area (Å²) in [6.07, 6.45) is 2.79. The third kappa shape index (κ3) is 4.96. The monoisotopic (exact) mass is 404 g/mol. The van der Waals surface area contributed by atoms with E-state index in [0.717, 1.165) is 25.3 Å². The Morgan fingerprint density at radius 1 is 1.07 bits per heavy atom. The van der Waals surface area contributed by atoms with Crippen LogP contribution in [0.3, 0.4) is 0 Å². The number of aryl methyl sites for hydroxylation is 1. The first-order chi connectivity index (χ1) is 14.5. The van der Waals surface area contributed by atoms with Gasteiger partial charge in [-0.2, -0.15) is 0 Å². The van der Waals surface area contributed by atoms with E-state index in [1.807, 2.05) is 30.3 Å². The highest BCUT2D eigenvalue weighted by molar-refractivity contribution is 5.54. The van der Waals surface area contributed by atoms with E-state index in [2.05, 4.69) is 46.4 Å². The number of hydrogen-bond acceptors (Lipinski definition) is 5. The predicted octanol–water partition coefficient (Wildman–Crippen LogP) is 3.32. The minimum Gasteiger partial charge on any atom is -0.388 e. The van der Waals surface area contributed by atoms with Crippen molar-refractivity contribution in [3.05, 3.63) is 88.5 Å². The Labute approximate surface area is 176 Å². The van der Waals surface area contributed by atoms with Crippen LogP contribution in [-0.2, 0) is 13.1 Å². The van der Waals surface area contributed by atoms with Gasteiger partial charge in [-0.3, -0.25) is 14.3 Å². The van der Waals surface area contributed by atoms with Gasteiger partial charge in [0.2, 0.25) is 0 Å². The summed E-state index contributed by atoms with van der Waals surface area (Å²) < 4.78 is 1.51. The van der Waals surface area contributed by atoms with Gasteiger partial charge in [0.05, 0.1) is 18.5 Å². The molecule has 1 aliphatic rings. The van der Waals surface area contributed by atoms with Crippen molar-refractivity contribution in [2.45, 2.75) is 38.5 Å². The van der Waals surface area contributed by atoms with E-state index in [1.165, 1.54) is 28.1 Å². The van der Waals surface area contributed by atoms with Gasteiger partial charge in [0, 0.05) is 31.4 Å². The molecular weight excluding hydrogens is 376 g/mol. The van der Waals surface area contributed by atoms with Gasteiger partial charge < -0.3 is 10.4 Å². The van der Waals surface area contributed by atoms with Crippen LogP contribution in [0.25, 0.3) is 0 Å². The fourth-order valence-electron chi connectivity index (χ4n) is 3.91. The van der Waals surface area contributed by atoms with Gasteiger partial charge >= 0.3 is 0 Å². The molecule has 0 atom stereocenters. The zero-order chi connectivity index (χ0) is 21.0. The standard InChI is InChI=1S/C24H28N4O2/c1-19-7-5-6-8-20(19)16-27-13-11-24(30,12-14-27)17-28-18-25-22(15-23(28)29)26-21-9-3-2-4-10-21/h2-10,15,18,26,30H,11-14,16-17H2,1H3. The van der Waals surface area contributed by atoms with Crippen molar-refractivity contribution in [1.82, 2.24) is 14.5 Å². The van der Waals surface area contributed by atoms with E-state index in [-0.39, 0.29) is 12.1 Å². The van der Waals surface area contributed by atoms with Crippen LogP contribution in [0.2, 0.25) is 0 Å². The van der Waals surface area contributed by atoms with Crippen molar-refractivity contribution in [2.75, 3.05) is 18.4 Å². The summed E-state index contributed by atoms with van der Waals surface area (Å²) in [4.78, 5) is 19.3. The second-order valence-corrected chi connectivity index (χ2v) is 8.16. The summed E-state index contributed by atoms with van der Waals surface area (Å²) in [6, 6.07) is 19.5. The van der Waals surface area contributed by atoms with E-state index in [9.17, 15) is 9.90 Å². The third-order valence-electron chi connectivity index (χ3n) is 5.83. The molecule has 0 bridgehead atoms. The van der Waals surface area contributed by atoms with Crippen molar-refractivity contribution < 1.29 is 5.11 Å². The number of hydrogen-bond donors (Lipinski definition) is 2. The molecule has 2 heterocycles. The van der Waals surface area contributed by atoms with E-state index in [1.54, 1.807) is 0 Å². The Kier molecular flexibility index (Phi) is 5.97. The molecule has 1 aliphatic heterocycles. The van der Waals surface area contributed by atoms with Crippen LogP contribution in [0, 0.1) is 6.92 Å². The van der Waals surface area contributed by atoms with Crippen LogP contribution in [0.1, 0.15) is 24.0 Å². The zero-order valence-corrected chi connectivity index (χ0v) is 17.3. The normalized spacial score (nSPS) is 16.3. The van der Waals surface area contributed by atoms with E-state index >= 15 is 0 Å². The maximum atomic E-state index is 12.6. The Morgan fingerprint density at radius 3 is 2.47 bits per heavy atom. The molecule has 1 aromatic heterocycles. The lowest BCUT2D eigenvalue weighted by atomic mass is 9.91. The third-order valence-corrected chi connectivity index (χ3v) is 5.83. The van der Waals surface area contributed by atoms with Gasteiger partial charge in [0.1, 0.15) is 5.82 Å². The van der Waals surface area contributed by atoms with Crippen molar-refractivity contribution in [3.8, 4) is 0 Å². The molecule has 4 rings (SSSR count). The molecule has 156 valence electrons. The van der Waals surface area contributed by atoms with Gasteiger partial charge in [0.25, 0.3) is 5.56 Å². The van der Waals surface area contributed by atoms with Crippen LogP contribution in [0.15, 0.2) is 71.8 Å². The Balaban J connectivity index is 1.36. The number of piperidine rings is 1. The molecule has 0 unspecified atom stereocenters. The Morgan fingerprint density at radius 2 is 1.77 bits per heavy atom. The van der Waals surface area contributed by atoms with E-state index in [4.69, 9.17) is 0 Å². The molecule has 6 nitrogen and oxygen atoms in total. The van der Waals surface area contributed by atoms with Gasteiger partial charge in [0.15, 0.2) is 0 Å². The Hall–Kier alpha value is -2.96. The highest BCUT2D eigenvalue weighted by Crippen LogP contribution is 2.25.